The molecule has 8 heteroatoms. The molecule has 0 unspecified atom stereocenters. The van der Waals surface area contributed by atoms with E-state index in [2.05, 4.69) is 11.9 Å². The number of anilines is 1. The highest BCUT2D eigenvalue weighted by Gasteiger charge is 2.30. The van der Waals surface area contributed by atoms with Gasteiger partial charge < -0.3 is 14.5 Å². The number of amides is 3. The molecule has 1 heterocycles. The lowest BCUT2D eigenvalue weighted by Gasteiger charge is -2.39. The second kappa shape index (κ2) is 8.71. The van der Waals surface area contributed by atoms with E-state index in [1.54, 1.807) is 28.9 Å². The molecule has 1 aliphatic rings. The van der Waals surface area contributed by atoms with Crippen LogP contribution in [0.5, 0.6) is 0 Å². The molecule has 1 aliphatic heterocycles. The second-order valence-electron chi connectivity index (χ2n) is 5.88. The van der Waals surface area contributed by atoms with E-state index >= 15 is 0 Å². The van der Waals surface area contributed by atoms with Gasteiger partial charge in [0.1, 0.15) is 0 Å². The number of halogens is 1. The first kappa shape index (κ1) is 19.8. The van der Waals surface area contributed by atoms with Crippen LogP contribution in [0.3, 0.4) is 0 Å². The molecule has 1 saturated heterocycles. The van der Waals surface area contributed by atoms with E-state index < -0.39 is 6.09 Å². The minimum atomic E-state index is -0.599. The highest BCUT2D eigenvalue weighted by molar-refractivity contribution is 6.34. The minimum absolute atomic E-state index is 0.150. The van der Waals surface area contributed by atoms with Gasteiger partial charge in [0.15, 0.2) is 0 Å². The summed E-state index contributed by atoms with van der Waals surface area (Å²) in [5, 5.41) is 2.85. The van der Waals surface area contributed by atoms with Crippen molar-refractivity contribution in [1.29, 1.82) is 0 Å². The lowest BCUT2D eigenvalue weighted by molar-refractivity contribution is -0.128. The first-order chi connectivity index (χ1) is 12.4. The molecule has 1 aromatic rings. The first-order valence-electron chi connectivity index (χ1n) is 8.33. The maximum Gasteiger partial charge on any atom is 0.411 e. The van der Waals surface area contributed by atoms with Crippen molar-refractivity contribution in [2.24, 2.45) is 0 Å². The zero-order valence-electron chi connectivity index (χ0n) is 14.8. The van der Waals surface area contributed by atoms with Gasteiger partial charge in [-0.05, 0) is 38.1 Å². The van der Waals surface area contributed by atoms with Crippen LogP contribution in [0.4, 0.5) is 10.5 Å². The molecule has 3 amide bonds. The SMILES string of the molecule is C=CC(=O)N1CCN(C(=O)c2cc(NC(=O)OCC)ccc2Cl)[C@@H](C)C1. The number of benzene rings is 1. The Bertz CT molecular complexity index is 722. The molecule has 0 aliphatic carbocycles. The van der Waals surface area contributed by atoms with E-state index in [1.165, 1.54) is 12.1 Å². The van der Waals surface area contributed by atoms with E-state index in [-0.39, 0.29) is 30.0 Å². The number of rotatable bonds is 4. The maximum atomic E-state index is 12.9. The van der Waals surface area contributed by atoms with Gasteiger partial charge in [0, 0.05) is 31.4 Å². The molecule has 0 bridgehead atoms. The summed E-state index contributed by atoms with van der Waals surface area (Å²) in [6, 6.07) is 4.51. The molecule has 140 valence electrons. The number of piperazine rings is 1. The summed E-state index contributed by atoms with van der Waals surface area (Å²) >= 11 is 6.19. The van der Waals surface area contributed by atoms with E-state index in [0.29, 0.717) is 30.3 Å². The molecule has 1 aromatic carbocycles. The van der Waals surface area contributed by atoms with Crippen LogP contribution in [0.15, 0.2) is 30.9 Å². The predicted octanol–water partition coefficient (Wildman–Crippen LogP) is 2.77. The van der Waals surface area contributed by atoms with Crippen LogP contribution in [-0.2, 0) is 9.53 Å². The van der Waals surface area contributed by atoms with Crippen molar-refractivity contribution in [2.75, 3.05) is 31.6 Å². The lowest BCUT2D eigenvalue weighted by atomic mass is 10.1. The van der Waals surface area contributed by atoms with Gasteiger partial charge in [0.25, 0.3) is 5.91 Å². The average Bonchev–Trinajstić information content (AvgIpc) is 2.62. The molecule has 0 saturated carbocycles. The Morgan fingerprint density at radius 3 is 2.73 bits per heavy atom. The van der Waals surface area contributed by atoms with Gasteiger partial charge in [0.2, 0.25) is 5.91 Å². The molecule has 1 atom stereocenters. The largest absolute Gasteiger partial charge is 0.450 e. The molecule has 1 N–H and O–H groups in total. The number of ether oxygens (including phenoxy) is 1. The van der Waals surface area contributed by atoms with Crippen LogP contribution in [0, 0.1) is 0 Å². The predicted molar refractivity (Wildman–Crippen MR) is 99.4 cm³/mol. The number of hydrogen-bond donors (Lipinski definition) is 1. The zero-order chi connectivity index (χ0) is 19.3. The highest BCUT2D eigenvalue weighted by Crippen LogP contribution is 2.24. The number of hydrogen-bond acceptors (Lipinski definition) is 4. The van der Waals surface area contributed by atoms with Crippen LogP contribution >= 0.6 is 11.6 Å². The number of carbonyl (C=O) groups is 3. The summed E-state index contributed by atoms with van der Waals surface area (Å²) in [5.41, 5.74) is 0.709. The summed E-state index contributed by atoms with van der Waals surface area (Å²) in [7, 11) is 0. The first-order valence-corrected chi connectivity index (χ1v) is 8.70. The third-order valence-electron chi connectivity index (χ3n) is 4.09. The van der Waals surface area contributed by atoms with Gasteiger partial charge in [-0.25, -0.2) is 4.79 Å². The Hall–Kier alpha value is -2.54. The van der Waals surface area contributed by atoms with Crippen molar-refractivity contribution >= 4 is 35.2 Å². The molecular weight excluding hydrogens is 358 g/mol. The smallest absolute Gasteiger partial charge is 0.411 e. The minimum Gasteiger partial charge on any atom is -0.450 e. The molecule has 0 aromatic heterocycles. The maximum absolute atomic E-state index is 12.9. The van der Waals surface area contributed by atoms with Crippen molar-refractivity contribution in [3.8, 4) is 0 Å². The lowest BCUT2D eigenvalue weighted by Crippen LogP contribution is -2.55. The molecule has 1 fully saturated rings. The molecular formula is C18H22ClN3O4. The van der Waals surface area contributed by atoms with Crippen LogP contribution in [0.25, 0.3) is 0 Å². The fourth-order valence-electron chi connectivity index (χ4n) is 2.80. The Morgan fingerprint density at radius 2 is 2.12 bits per heavy atom. The monoisotopic (exact) mass is 379 g/mol. The van der Waals surface area contributed by atoms with Gasteiger partial charge in [-0.2, -0.15) is 0 Å². The Balaban J connectivity index is 2.15. The third kappa shape index (κ3) is 4.54. The number of nitrogens with one attached hydrogen (secondary N) is 1. The van der Waals surface area contributed by atoms with Crippen LogP contribution < -0.4 is 5.32 Å². The Morgan fingerprint density at radius 1 is 1.38 bits per heavy atom. The van der Waals surface area contributed by atoms with E-state index in [9.17, 15) is 14.4 Å². The normalized spacial score (nSPS) is 16.8. The Kier molecular flexibility index (Phi) is 6.63. The topological polar surface area (TPSA) is 79.0 Å². The van der Waals surface area contributed by atoms with Crippen LogP contribution in [-0.4, -0.2) is 60.0 Å². The van der Waals surface area contributed by atoms with Crippen molar-refractivity contribution in [1.82, 2.24) is 9.80 Å². The molecule has 2 rings (SSSR count). The van der Waals surface area contributed by atoms with Crippen molar-refractivity contribution in [3.05, 3.63) is 41.4 Å². The second-order valence-corrected chi connectivity index (χ2v) is 6.28. The van der Waals surface area contributed by atoms with Gasteiger partial charge in [0.05, 0.1) is 17.2 Å². The summed E-state index contributed by atoms with van der Waals surface area (Å²) in [5.74, 6) is -0.400. The Labute approximate surface area is 157 Å². The van der Waals surface area contributed by atoms with E-state index in [1.807, 2.05) is 6.92 Å². The van der Waals surface area contributed by atoms with Gasteiger partial charge in [-0.3, -0.25) is 14.9 Å². The summed E-state index contributed by atoms with van der Waals surface area (Å²) in [4.78, 5) is 39.5. The standard InChI is InChI=1S/C18H22ClN3O4/c1-4-16(23)21-8-9-22(12(3)11-21)17(24)14-10-13(6-7-15(14)19)20-18(25)26-5-2/h4,6-7,10,12H,1,5,8-9,11H2,2-3H3,(H,20,25)/t12-/m0/s1. The van der Waals surface area contributed by atoms with Crippen molar-refractivity contribution in [3.63, 3.8) is 0 Å². The molecule has 26 heavy (non-hydrogen) atoms. The highest BCUT2D eigenvalue weighted by atomic mass is 35.5. The van der Waals surface area contributed by atoms with E-state index in [4.69, 9.17) is 16.3 Å². The van der Waals surface area contributed by atoms with Crippen LogP contribution in [0.1, 0.15) is 24.2 Å². The third-order valence-corrected chi connectivity index (χ3v) is 4.42. The fourth-order valence-corrected chi connectivity index (χ4v) is 2.99. The van der Waals surface area contributed by atoms with Gasteiger partial charge in [-0.1, -0.05) is 18.2 Å². The van der Waals surface area contributed by atoms with Crippen LogP contribution in [0.2, 0.25) is 5.02 Å². The summed E-state index contributed by atoms with van der Waals surface area (Å²) in [6.07, 6.45) is 0.670. The average molecular weight is 380 g/mol. The number of carbonyl (C=O) groups excluding carboxylic acids is 3. The summed E-state index contributed by atoms with van der Waals surface area (Å²) in [6.45, 7) is 8.56. The van der Waals surface area contributed by atoms with Crippen molar-refractivity contribution in [2.45, 2.75) is 19.9 Å². The summed E-state index contributed by atoms with van der Waals surface area (Å²) < 4.78 is 4.83. The molecule has 7 nitrogen and oxygen atoms in total. The van der Waals surface area contributed by atoms with E-state index in [0.717, 1.165) is 0 Å². The molecule has 0 spiro atoms. The fraction of sp³-hybridized carbons (Fsp3) is 0.389. The van der Waals surface area contributed by atoms with Crippen molar-refractivity contribution < 1.29 is 19.1 Å². The zero-order valence-corrected chi connectivity index (χ0v) is 15.6. The van der Waals surface area contributed by atoms with Gasteiger partial charge >= 0.3 is 6.09 Å². The van der Waals surface area contributed by atoms with Gasteiger partial charge in [-0.15, -0.1) is 0 Å². The molecule has 0 radical (unpaired) electrons. The number of nitrogens with zero attached hydrogens (tertiary/aromatic N) is 2. The quantitative estimate of drug-likeness (QED) is 0.816.